The van der Waals surface area contributed by atoms with Gasteiger partial charge >= 0.3 is 0 Å². The summed E-state index contributed by atoms with van der Waals surface area (Å²) in [6, 6.07) is 1.99. The first-order valence-electron chi connectivity index (χ1n) is 8.38. The number of piperidine rings is 1. The molecule has 2 saturated heterocycles. The van der Waals surface area contributed by atoms with E-state index < -0.39 is 0 Å². The minimum absolute atomic E-state index is 0.0457. The average molecular weight is 266 g/mol. The standard InChI is InChI=1S/C16H30N2O/c1-2-11-3-4-12(10-17)16(7-11)18-13-5-6-14(18)9-15(19)8-13/h11-16,19H,2-10,17H2,1H3. The average Bonchev–Trinajstić information content (AvgIpc) is 2.70. The summed E-state index contributed by atoms with van der Waals surface area (Å²) in [5, 5.41) is 9.98. The van der Waals surface area contributed by atoms with E-state index in [0.717, 1.165) is 25.3 Å². The van der Waals surface area contributed by atoms with Gasteiger partial charge in [-0.15, -0.1) is 0 Å². The van der Waals surface area contributed by atoms with Crippen molar-refractivity contribution in [3.05, 3.63) is 0 Å². The second kappa shape index (κ2) is 5.71. The molecule has 2 bridgehead atoms. The second-order valence-electron chi connectivity index (χ2n) is 7.11. The topological polar surface area (TPSA) is 49.5 Å². The molecule has 0 aromatic carbocycles. The Labute approximate surface area is 117 Å². The first-order chi connectivity index (χ1) is 9.22. The molecular weight excluding hydrogens is 236 g/mol. The zero-order valence-electron chi connectivity index (χ0n) is 12.3. The van der Waals surface area contributed by atoms with Gasteiger partial charge in [-0.2, -0.15) is 0 Å². The molecule has 2 heterocycles. The van der Waals surface area contributed by atoms with Gasteiger partial charge in [-0.1, -0.05) is 19.8 Å². The minimum Gasteiger partial charge on any atom is -0.393 e. The van der Waals surface area contributed by atoms with Crippen LogP contribution in [0.4, 0.5) is 0 Å². The highest BCUT2D eigenvalue weighted by Gasteiger charge is 2.46. The molecule has 0 amide bonds. The molecule has 3 heteroatoms. The van der Waals surface area contributed by atoms with Crippen LogP contribution in [0.5, 0.6) is 0 Å². The van der Waals surface area contributed by atoms with Crippen LogP contribution in [0.15, 0.2) is 0 Å². The molecule has 3 aliphatic rings. The number of rotatable bonds is 3. The van der Waals surface area contributed by atoms with Gasteiger partial charge in [-0.25, -0.2) is 0 Å². The van der Waals surface area contributed by atoms with Gasteiger partial charge < -0.3 is 10.8 Å². The number of hydrogen-bond donors (Lipinski definition) is 2. The van der Waals surface area contributed by atoms with E-state index in [4.69, 9.17) is 5.73 Å². The lowest BCUT2D eigenvalue weighted by Gasteiger charge is -2.48. The van der Waals surface area contributed by atoms with E-state index in [1.54, 1.807) is 0 Å². The number of nitrogens with two attached hydrogens (primary N) is 1. The van der Waals surface area contributed by atoms with E-state index in [0.29, 0.717) is 24.0 Å². The Hall–Kier alpha value is -0.120. The lowest BCUT2D eigenvalue weighted by atomic mass is 9.75. The molecule has 3 nitrogen and oxygen atoms in total. The van der Waals surface area contributed by atoms with Crippen molar-refractivity contribution in [3.8, 4) is 0 Å². The van der Waals surface area contributed by atoms with Gasteiger partial charge in [0, 0.05) is 18.1 Å². The molecule has 0 aromatic heterocycles. The van der Waals surface area contributed by atoms with Crippen molar-refractivity contribution in [1.82, 2.24) is 4.90 Å². The van der Waals surface area contributed by atoms with Gasteiger partial charge in [-0.3, -0.25) is 4.90 Å². The molecule has 2 aliphatic heterocycles. The van der Waals surface area contributed by atoms with Crippen molar-refractivity contribution in [2.45, 2.75) is 82.5 Å². The second-order valence-corrected chi connectivity index (χ2v) is 7.11. The highest BCUT2D eigenvalue weighted by molar-refractivity contribution is 5.01. The van der Waals surface area contributed by atoms with Crippen molar-refractivity contribution in [3.63, 3.8) is 0 Å². The van der Waals surface area contributed by atoms with Crippen LogP contribution in [-0.4, -0.2) is 40.8 Å². The fraction of sp³-hybridized carbons (Fsp3) is 1.00. The van der Waals surface area contributed by atoms with Gasteiger partial charge in [0.25, 0.3) is 0 Å². The summed E-state index contributed by atoms with van der Waals surface area (Å²) in [5.74, 6) is 1.60. The van der Waals surface area contributed by atoms with Crippen LogP contribution in [0, 0.1) is 11.8 Å². The van der Waals surface area contributed by atoms with Gasteiger partial charge in [-0.05, 0) is 56.9 Å². The van der Waals surface area contributed by atoms with Crippen molar-refractivity contribution < 1.29 is 5.11 Å². The predicted octanol–water partition coefficient (Wildman–Crippen LogP) is 2.13. The summed E-state index contributed by atoms with van der Waals surface area (Å²) in [5.41, 5.74) is 6.05. The Morgan fingerprint density at radius 2 is 1.74 bits per heavy atom. The Morgan fingerprint density at radius 1 is 1.05 bits per heavy atom. The van der Waals surface area contributed by atoms with Gasteiger partial charge in [0.1, 0.15) is 0 Å². The summed E-state index contributed by atoms with van der Waals surface area (Å²) >= 11 is 0. The van der Waals surface area contributed by atoms with E-state index in [1.165, 1.54) is 38.5 Å². The summed E-state index contributed by atoms with van der Waals surface area (Å²) in [7, 11) is 0. The Morgan fingerprint density at radius 3 is 2.32 bits per heavy atom. The maximum atomic E-state index is 9.98. The largest absolute Gasteiger partial charge is 0.393 e. The molecule has 0 aromatic rings. The summed E-state index contributed by atoms with van der Waals surface area (Å²) in [6.45, 7) is 3.18. The third-order valence-corrected chi connectivity index (χ3v) is 6.09. The first kappa shape index (κ1) is 13.8. The smallest absolute Gasteiger partial charge is 0.0570 e. The zero-order valence-corrected chi connectivity index (χ0v) is 12.3. The first-order valence-corrected chi connectivity index (χ1v) is 8.38. The zero-order chi connectivity index (χ0) is 13.4. The minimum atomic E-state index is -0.0457. The van der Waals surface area contributed by atoms with Gasteiger partial charge in [0.2, 0.25) is 0 Å². The maximum Gasteiger partial charge on any atom is 0.0570 e. The van der Waals surface area contributed by atoms with Gasteiger partial charge in [0.05, 0.1) is 6.10 Å². The molecule has 3 N–H and O–H groups in total. The molecule has 3 rings (SSSR count). The van der Waals surface area contributed by atoms with Crippen molar-refractivity contribution >= 4 is 0 Å². The molecule has 0 spiro atoms. The van der Waals surface area contributed by atoms with Crippen LogP contribution in [-0.2, 0) is 0 Å². The molecule has 5 atom stereocenters. The molecule has 19 heavy (non-hydrogen) atoms. The summed E-state index contributed by atoms with van der Waals surface area (Å²) in [6.07, 6.45) is 9.91. The lowest BCUT2D eigenvalue weighted by Crippen LogP contribution is -2.55. The summed E-state index contributed by atoms with van der Waals surface area (Å²) < 4.78 is 0. The number of fused-ring (bicyclic) bond motifs is 2. The van der Waals surface area contributed by atoms with E-state index in [-0.39, 0.29) is 6.10 Å². The Bertz CT molecular complexity index is 295. The summed E-state index contributed by atoms with van der Waals surface area (Å²) in [4.78, 5) is 2.80. The van der Waals surface area contributed by atoms with Crippen molar-refractivity contribution in [2.75, 3.05) is 6.54 Å². The Balaban J connectivity index is 1.75. The van der Waals surface area contributed by atoms with E-state index in [1.807, 2.05) is 0 Å². The van der Waals surface area contributed by atoms with E-state index in [2.05, 4.69) is 11.8 Å². The quantitative estimate of drug-likeness (QED) is 0.823. The molecule has 3 fully saturated rings. The number of hydrogen-bond acceptors (Lipinski definition) is 3. The third kappa shape index (κ3) is 2.57. The molecule has 1 saturated carbocycles. The predicted molar refractivity (Wildman–Crippen MR) is 77.9 cm³/mol. The van der Waals surface area contributed by atoms with Crippen LogP contribution in [0.3, 0.4) is 0 Å². The Kier molecular flexibility index (Phi) is 4.16. The highest BCUT2D eigenvalue weighted by atomic mass is 16.3. The van der Waals surface area contributed by atoms with E-state index >= 15 is 0 Å². The lowest BCUT2D eigenvalue weighted by molar-refractivity contribution is -0.0241. The number of aliphatic hydroxyl groups excluding tert-OH is 1. The van der Waals surface area contributed by atoms with Gasteiger partial charge in [0.15, 0.2) is 0 Å². The van der Waals surface area contributed by atoms with Crippen molar-refractivity contribution in [2.24, 2.45) is 17.6 Å². The monoisotopic (exact) mass is 266 g/mol. The normalized spacial score (nSPS) is 47.5. The number of aliphatic hydroxyl groups is 1. The fourth-order valence-electron chi connectivity index (χ4n) is 5.03. The van der Waals surface area contributed by atoms with E-state index in [9.17, 15) is 5.11 Å². The van der Waals surface area contributed by atoms with Crippen molar-refractivity contribution in [1.29, 1.82) is 0 Å². The third-order valence-electron chi connectivity index (χ3n) is 6.09. The number of nitrogens with zero attached hydrogens (tertiary/aromatic N) is 1. The fourth-order valence-corrected chi connectivity index (χ4v) is 5.03. The molecule has 5 unspecified atom stereocenters. The van der Waals surface area contributed by atoms with Crippen LogP contribution in [0.1, 0.15) is 58.3 Å². The highest BCUT2D eigenvalue weighted by Crippen LogP contribution is 2.43. The van der Waals surface area contributed by atoms with Crippen LogP contribution >= 0.6 is 0 Å². The van der Waals surface area contributed by atoms with Crippen LogP contribution in [0.25, 0.3) is 0 Å². The SMILES string of the molecule is CCC1CCC(CN)C(N2C3CCC2CC(O)C3)C1. The molecule has 0 radical (unpaired) electrons. The molecule has 110 valence electrons. The molecular formula is C16H30N2O. The molecule has 1 aliphatic carbocycles. The maximum absolute atomic E-state index is 9.98. The van der Waals surface area contributed by atoms with Crippen LogP contribution in [0.2, 0.25) is 0 Å². The van der Waals surface area contributed by atoms with Crippen LogP contribution < -0.4 is 5.73 Å².